The molecule has 0 radical (unpaired) electrons. The molecule has 0 saturated carbocycles. The first-order chi connectivity index (χ1) is 3.93. The van der Waals surface area contributed by atoms with E-state index in [1.165, 1.54) is 0 Å². The van der Waals surface area contributed by atoms with Gasteiger partial charge in [-0.05, 0) is 19.1 Å². The molecule has 0 atom stereocenters. The molecular formula is C5H9N3. The first-order valence-electron chi connectivity index (χ1n) is 2.67. The van der Waals surface area contributed by atoms with E-state index in [-0.39, 0.29) is 0 Å². The summed E-state index contributed by atoms with van der Waals surface area (Å²) < 4.78 is 0. The monoisotopic (exact) mass is 111 g/mol. The average Bonchev–Trinajstić information content (AvgIpc) is 1.90. The Morgan fingerprint density at radius 1 is 1.75 bits per heavy atom. The van der Waals surface area contributed by atoms with Crippen molar-refractivity contribution in [1.29, 1.82) is 0 Å². The van der Waals surface area contributed by atoms with Crippen LogP contribution in [0.2, 0.25) is 0 Å². The zero-order valence-corrected chi connectivity index (χ0v) is 4.67. The van der Waals surface area contributed by atoms with Crippen LogP contribution >= 0.6 is 0 Å². The van der Waals surface area contributed by atoms with E-state index in [1.54, 1.807) is 0 Å². The lowest BCUT2D eigenvalue weighted by Gasteiger charge is -2.02. The maximum Gasteiger partial charge on any atom is 0.0786 e. The lowest BCUT2D eigenvalue weighted by molar-refractivity contribution is 1.03. The van der Waals surface area contributed by atoms with Crippen LogP contribution in [0.25, 0.3) is 0 Å². The van der Waals surface area contributed by atoms with Crippen molar-refractivity contribution in [3.8, 4) is 0 Å². The summed E-state index contributed by atoms with van der Waals surface area (Å²) in [4.78, 5) is 3.99. The smallest absolute Gasteiger partial charge is 0.0786 e. The second-order valence-electron chi connectivity index (χ2n) is 1.76. The average molecular weight is 111 g/mol. The number of rotatable bonds is 0. The third-order valence-corrected chi connectivity index (χ3v) is 1.15. The second-order valence-corrected chi connectivity index (χ2v) is 1.76. The SMILES string of the molecule is NN=C1CCC=NC1. The van der Waals surface area contributed by atoms with Gasteiger partial charge in [0.2, 0.25) is 0 Å². The van der Waals surface area contributed by atoms with Crippen molar-refractivity contribution in [2.24, 2.45) is 15.9 Å². The molecule has 0 amide bonds. The highest BCUT2D eigenvalue weighted by molar-refractivity contribution is 5.90. The lowest BCUT2D eigenvalue weighted by atomic mass is 10.2. The van der Waals surface area contributed by atoms with Crippen LogP contribution in [0, 0.1) is 0 Å². The number of hydrogen-bond donors (Lipinski definition) is 1. The van der Waals surface area contributed by atoms with Crippen LogP contribution in [0.1, 0.15) is 12.8 Å². The summed E-state index contributed by atoms with van der Waals surface area (Å²) in [5.41, 5.74) is 1.01. The molecule has 2 N–H and O–H groups in total. The highest BCUT2D eigenvalue weighted by Gasteiger charge is 1.99. The lowest BCUT2D eigenvalue weighted by Crippen LogP contribution is -2.10. The predicted molar refractivity (Wildman–Crippen MR) is 34.2 cm³/mol. The number of nitrogens with two attached hydrogens (primary N) is 1. The minimum absolute atomic E-state index is 0.705. The number of hydrogen-bond acceptors (Lipinski definition) is 3. The summed E-state index contributed by atoms with van der Waals surface area (Å²) in [5.74, 6) is 5.02. The van der Waals surface area contributed by atoms with E-state index in [0.717, 1.165) is 18.6 Å². The molecule has 44 valence electrons. The van der Waals surface area contributed by atoms with Gasteiger partial charge >= 0.3 is 0 Å². The Morgan fingerprint density at radius 2 is 2.62 bits per heavy atom. The maximum absolute atomic E-state index is 5.02. The fraction of sp³-hybridized carbons (Fsp3) is 0.600. The van der Waals surface area contributed by atoms with Crippen LogP contribution in [-0.4, -0.2) is 18.5 Å². The van der Waals surface area contributed by atoms with Gasteiger partial charge in [0.05, 0.1) is 12.3 Å². The molecule has 0 saturated heterocycles. The first-order valence-corrected chi connectivity index (χ1v) is 2.67. The van der Waals surface area contributed by atoms with E-state index in [2.05, 4.69) is 10.1 Å². The summed E-state index contributed by atoms with van der Waals surface area (Å²) in [7, 11) is 0. The van der Waals surface area contributed by atoms with Crippen LogP contribution in [0.15, 0.2) is 10.1 Å². The molecule has 0 spiro atoms. The molecule has 0 fully saturated rings. The van der Waals surface area contributed by atoms with Crippen molar-refractivity contribution < 1.29 is 0 Å². The van der Waals surface area contributed by atoms with Gasteiger partial charge in [0.25, 0.3) is 0 Å². The Kier molecular flexibility index (Phi) is 1.62. The highest BCUT2D eigenvalue weighted by atomic mass is 15.1. The van der Waals surface area contributed by atoms with Crippen LogP contribution in [0.4, 0.5) is 0 Å². The van der Waals surface area contributed by atoms with Gasteiger partial charge in [-0.2, -0.15) is 5.10 Å². The fourth-order valence-corrected chi connectivity index (χ4v) is 0.677. The Balaban J connectivity index is 2.50. The Morgan fingerprint density at radius 3 is 3.00 bits per heavy atom. The molecule has 3 nitrogen and oxygen atoms in total. The van der Waals surface area contributed by atoms with Crippen molar-refractivity contribution in [1.82, 2.24) is 0 Å². The summed E-state index contributed by atoms with van der Waals surface area (Å²) in [6, 6.07) is 0. The van der Waals surface area contributed by atoms with Gasteiger partial charge in [0.15, 0.2) is 0 Å². The van der Waals surface area contributed by atoms with Gasteiger partial charge in [-0.1, -0.05) is 0 Å². The molecule has 0 aromatic carbocycles. The topological polar surface area (TPSA) is 50.7 Å². The van der Waals surface area contributed by atoms with Crippen molar-refractivity contribution >= 4 is 11.9 Å². The second kappa shape index (κ2) is 2.45. The molecule has 0 aromatic heterocycles. The normalized spacial score (nSPS) is 24.2. The third kappa shape index (κ3) is 1.05. The molecule has 0 bridgehead atoms. The fourth-order valence-electron chi connectivity index (χ4n) is 0.677. The Bertz CT molecular complexity index is 126. The van der Waals surface area contributed by atoms with Gasteiger partial charge in [0.1, 0.15) is 0 Å². The minimum atomic E-state index is 0.705. The van der Waals surface area contributed by atoms with E-state index in [1.807, 2.05) is 6.21 Å². The molecule has 1 aliphatic rings. The Hall–Kier alpha value is -0.860. The minimum Gasteiger partial charge on any atom is -0.323 e. The summed E-state index contributed by atoms with van der Waals surface area (Å²) in [6.07, 6.45) is 3.89. The van der Waals surface area contributed by atoms with Gasteiger partial charge in [-0.15, -0.1) is 0 Å². The van der Waals surface area contributed by atoms with Gasteiger partial charge in [0, 0.05) is 0 Å². The first kappa shape index (κ1) is 5.28. The van der Waals surface area contributed by atoms with Crippen molar-refractivity contribution in [3.05, 3.63) is 0 Å². The summed E-state index contributed by atoms with van der Waals surface area (Å²) in [5, 5.41) is 3.55. The van der Waals surface area contributed by atoms with Crippen molar-refractivity contribution in [2.45, 2.75) is 12.8 Å². The van der Waals surface area contributed by atoms with Gasteiger partial charge in [-0.25, -0.2) is 0 Å². The molecular weight excluding hydrogens is 102 g/mol. The molecule has 0 aromatic rings. The molecule has 1 aliphatic heterocycles. The van der Waals surface area contributed by atoms with Crippen LogP contribution < -0.4 is 5.84 Å². The quantitative estimate of drug-likeness (QED) is 0.351. The summed E-state index contributed by atoms with van der Waals surface area (Å²) in [6.45, 7) is 0.705. The van der Waals surface area contributed by atoms with Gasteiger partial charge in [-0.3, -0.25) is 4.99 Å². The van der Waals surface area contributed by atoms with Crippen molar-refractivity contribution in [2.75, 3.05) is 6.54 Å². The van der Waals surface area contributed by atoms with Crippen LogP contribution in [0.3, 0.4) is 0 Å². The van der Waals surface area contributed by atoms with Gasteiger partial charge < -0.3 is 5.84 Å². The van der Waals surface area contributed by atoms with Crippen LogP contribution in [0.5, 0.6) is 0 Å². The molecule has 3 heteroatoms. The maximum atomic E-state index is 5.02. The summed E-state index contributed by atoms with van der Waals surface area (Å²) >= 11 is 0. The van der Waals surface area contributed by atoms with E-state index < -0.39 is 0 Å². The largest absolute Gasteiger partial charge is 0.323 e. The van der Waals surface area contributed by atoms with Crippen LogP contribution in [-0.2, 0) is 0 Å². The molecule has 0 unspecified atom stereocenters. The number of aliphatic imine (C=N–C) groups is 1. The van der Waals surface area contributed by atoms with E-state index in [9.17, 15) is 0 Å². The zero-order chi connectivity index (χ0) is 5.82. The van der Waals surface area contributed by atoms with Crippen molar-refractivity contribution in [3.63, 3.8) is 0 Å². The number of hydrazone groups is 1. The van der Waals surface area contributed by atoms with E-state index in [4.69, 9.17) is 5.84 Å². The highest BCUT2D eigenvalue weighted by Crippen LogP contribution is 1.96. The standard InChI is InChI=1S/C5H9N3/c6-8-5-2-1-3-7-4-5/h3H,1-2,4,6H2. The predicted octanol–water partition coefficient (Wildman–Crippen LogP) is 0.166. The van der Waals surface area contributed by atoms with E-state index in [0.29, 0.717) is 6.54 Å². The van der Waals surface area contributed by atoms with E-state index >= 15 is 0 Å². The molecule has 0 aliphatic carbocycles. The third-order valence-electron chi connectivity index (χ3n) is 1.15. The zero-order valence-electron chi connectivity index (χ0n) is 4.67. The molecule has 1 rings (SSSR count). The number of nitrogens with zero attached hydrogens (tertiary/aromatic N) is 2. The molecule has 1 heterocycles. The Labute approximate surface area is 48.3 Å². The molecule has 8 heavy (non-hydrogen) atoms.